The summed E-state index contributed by atoms with van der Waals surface area (Å²) in [5, 5.41) is 0.721. The van der Waals surface area contributed by atoms with Gasteiger partial charge in [0.15, 0.2) is 5.65 Å². The zero-order valence-electron chi connectivity index (χ0n) is 11.0. The zero-order chi connectivity index (χ0) is 15.0. The summed E-state index contributed by atoms with van der Waals surface area (Å²) in [6.45, 7) is 0. The average Bonchev–Trinajstić information content (AvgIpc) is 2.83. The summed E-state index contributed by atoms with van der Waals surface area (Å²) in [6, 6.07) is 11.8. The SMILES string of the molecule is COc1cnc2c(c1)cc(I)n2S(=O)(=O)c1ccccc1. The van der Waals surface area contributed by atoms with Crippen LogP contribution in [0, 0.1) is 3.70 Å². The van der Waals surface area contributed by atoms with Crippen LogP contribution in [0.1, 0.15) is 0 Å². The fourth-order valence-corrected chi connectivity index (χ4v) is 4.77. The van der Waals surface area contributed by atoms with Crippen LogP contribution in [0.25, 0.3) is 11.0 Å². The number of halogens is 1. The van der Waals surface area contributed by atoms with Crippen molar-refractivity contribution in [2.75, 3.05) is 7.11 Å². The second-order valence-corrected chi connectivity index (χ2v) is 7.23. The molecule has 21 heavy (non-hydrogen) atoms. The molecule has 7 heteroatoms. The highest BCUT2D eigenvalue weighted by Gasteiger charge is 2.22. The third-order valence-electron chi connectivity index (χ3n) is 3.05. The van der Waals surface area contributed by atoms with E-state index in [0.717, 1.165) is 5.39 Å². The Morgan fingerprint density at radius 2 is 1.90 bits per heavy atom. The van der Waals surface area contributed by atoms with Crippen LogP contribution in [0.15, 0.2) is 53.6 Å². The van der Waals surface area contributed by atoms with Gasteiger partial charge in [0, 0.05) is 5.39 Å². The Morgan fingerprint density at radius 3 is 2.57 bits per heavy atom. The van der Waals surface area contributed by atoms with Gasteiger partial charge in [0.05, 0.1) is 21.9 Å². The van der Waals surface area contributed by atoms with Crippen LogP contribution in [-0.2, 0) is 10.0 Å². The van der Waals surface area contributed by atoms with Crippen molar-refractivity contribution in [3.8, 4) is 5.75 Å². The predicted octanol–water partition coefficient (Wildman–Crippen LogP) is 2.89. The van der Waals surface area contributed by atoms with Gasteiger partial charge >= 0.3 is 0 Å². The van der Waals surface area contributed by atoms with Gasteiger partial charge in [0.1, 0.15) is 5.75 Å². The molecular formula is C14H11IN2O3S. The molecule has 0 saturated heterocycles. The standard InChI is InChI=1S/C14H11IN2O3S/c1-20-11-7-10-8-13(15)17(14(10)16-9-11)21(18,19)12-5-3-2-4-6-12/h2-9H,1H3. The molecule has 0 fully saturated rings. The Hall–Kier alpha value is -1.61. The van der Waals surface area contributed by atoms with Gasteiger partial charge in [-0.3, -0.25) is 0 Å². The molecule has 0 aliphatic heterocycles. The van der Waals surface area contributed by atoms with Crippen molar-refractivity contribution in [1.82, 2.24) is 8.96 Å². The van der Waals surface area contributed by atoms with E-state index < -0.39 is 10.0 Å². The molecule has 0 aliphatic rings. The van der Waals surface area contributed by atoms with E-state index in [9.17, 15) is 8.42 Å². The van der Waals surface area contributed by atoms with Crippen LogP contribution in [0.3, 0.4) is 0 Å². The first kappa shape index (κ1) is 14.3. The maximum Gasteiger partial charge on any atom is 0.270 e. The molecule has 0 radical (unpaired) electrons. The van der Waals surface area contributed by atoms with E-state index in [1.165, 1.54) is 10.2 Å². The second-order valence-electron chi connectivity index (χ2n) is 4.34. The number of ether oxygens (including phenoxy) is 1. The third kappa shape index (κ3) is 2.40. The van der Waals surface area contributed by atoms with E-state index in [0.29, 0.717) is 15.1 Å². The van der Waals surface area contributed by atoms with Gasteiger partial charge in [-0.2, -0.15) is 0 Å². The Balaban J connectivity index is 2.28. The van der Waals surface area contributed by atoms with Crippen molar-refractivity contribution in [2.45, 2.75) is 4.90 Å². The summed E-state index contributed by atoms with van der Waals surface area (Å²) in [7, 11) is -2.12. The van der Waals surface area contributed by atoms with E-state index in [-0.39, 0.29) is 4.90 Å². The van der Waals surface area contributed by atoms with Crippen LogP contribution >= 0.6 is 22.6 Å². The number of hydrogen-bond acceptors (Lipinski definition) is 4. The van der Waals surface area contributed by atoms with Gasteiger partial charge < -0.3 is 4.74 Å². The zero-order valence-corrected chi connectivity index (χ0v) is 14.0. The first-order chi connectivity index (χ1) is 10.0. The number of aromatic nitrogens is 2. The van der Waals surface area contributed by atoms with Crippen molar-refractivity contribution >= 4 is 43.6 Å². The number of fused-ring (bicyclic) bond motifs is 1. The molecule has 0 bridgehead atoms. The lowest BCUT2D eigenvalue weighted by atomic mass is 10.3. The monoisotopic (exact) mass is 414 g/mol. The molecular weight excluding hydrogens is 403 g/mol. The van der Waals surface area contributed by atoms with Crippen molar-refractivity contribution in [3.63, 3.8) is 0 Å². The second kappa shape index (κ2) is 5.30. The molecule has 5 nitrogen and oxygen atoms in total. The number of pyridine rings is 1. The minimum Gasteiger partial charge on any atom is -0.495 e. The number of rotatable bonds is 3. The smallest absolute Gasteiger partial charge is 0.270 e. The molecule has 2 heterocycles. The molecule has 0 spiro atoms. The number of benzene rings is 1. The minimum atomic E-state index is -3.67. The van der Waals surface area contributed by atoms with Gasteiger partial charge in [-0.15, -0.1) is 0 Å². The van der Waals surface area contributed by atoms with Crippen molar-refractivity contribution in [3.05, 3.63) is 52.4 Å². The largest absolute Gasteiger partial charge is 0.495 e. The first-order valence-electron chi connectivity index (χ1n) is 6.05. The molecule has 2 aromatic heterocycles. The first-order valence-corrected chi connectivity index (χ1v) is 8.57. The maximum atomic E-state index is 12.8. The lowest BCUT2D eigenvalue weighted by molar-refractivity contribution is 0.413. The van der Waals surface area contributed by atoms with Crippen LogP contribution in [-0.4, -0.2) is 24.5 Å². The highest BCUT2D eigenvalue weighted by molar-refractivity contribution is 14.1. The summed E-state index contributed by atoms with van der Waals surface area (Å²) >= 11 is 1.99. The van der Waals surface area contributed by atoms with Gasteiger partial charge in [-0.05, 0) is 46.9 Å². The van der Waals surface area contributed by atoms with E-state index in [4.69, 9.17) is 4.74 Å². The summed E-state index contributed by atoms with van der Waals surface area (Å²) in [5.74, 6) is 0.591. The quantitative estimate of drug-likeness (QED) is 0.619. The molecule has 0 N–H and O–H groups in total. The number of nitrogens with zero attached hydrogens (tertiary/aromatic N) is 2. The summed E-state index contributed by atoms with van der Waals surface area (Å²) in [4.78, 5) is 4.45. The average molecular weight is 414 g/mol. The molecule has 0 amide bonds. The molecule has 0 saturated carbocycles. The van der Waals surface area contributed by atoms with Gasteiger partial charge in [0.25, 0.3) is 10.0 Å². The Labute approximate surface area is 135 Å². The fourth-order valence-electron chi connectivity index (χ4n) is 2.06. The maximum absolute atomic E-state index is 12.8. The van der Waals surface area contributed by atoms with Crippen molar-refractivity contribution in [2.24, 2.45) is 0 Å². The minimum absolute atomic E-state index is 0.234. The molecule has 1 aromatic carbocycles. The van der Waals surface area contributed by atoms with Crippen molar-refractivity contribution < 1.29 is 13.2 Å². The summed E-state index contributed by atoms with van der Waals surface area (Å²) in [6.07, 6.45) is 1.51. The lowest BCUT2D eigenvalue weighted by Crippen LogP contribution is -2.14. The molecule has 0 atom stereocenters. The Bertz CT molecular complexity index is 905. The Kier molecular flexibility index (Phi) is 3.62. The topological polar surface area (TPSA) is 61.2 Å². The highest BCUT2D eigenvalue weighted by atomic mass is 127. The summed E-state index contributed by atoms with van der Waals surface area (Å²) in [5.41, 5.74) is 0.393. The fraction of sp³-hybridized carbons (Fsp3) is 0.0714. The Morgan fingerprint density at radius 1 is 1.19 bits per heavy atom. The molecule has 3 rings (SSSR count). The third-order valence-corrected chi connectivity index (χ3v) is 5.89. The lowest BCUT2D eigenvalue weighted by Gasteiger charge is -2.08. The van der Waals surface area contributed by atoms with E-state index in [1.54, 1.807) is 49.6 Å². The van der Waals surface area contributed by atoms with E-state index in [2.05, 4.69) is 4.98 Å². The highest BCUT2D eigenvalue weighted by Crippen LogP contribution is 2.27. The number of hydrogen-bond donors (Lipinski definition) is 0. The van der Waals surface area contributed by atoms with Crippen LogP contribution in [0.4, 0.5) is 0 Å². The van der Waals surface area contributed by atoms with Crippen molar-refractivity contribution in [1.29, 1.82) is 0 Å². The molecule has 3 aromatic rings. The van der Waals surface area contributed by atoms with Gasteiger partial charge in [-0.25, -0.2) is 17.4 Å². The van der Waals surface area contributed by atoms with E-state index >= 15 is 0 Å². The molecule has 0 aliphatic carbocycles. The van der Waals surface area contributed by atoms with Crippen LogP contribution in [0.2, 0.25) is 0 Å². The van der Waals surface area contributed by atoms with Gasteiger partial charge in [0.2, 0.25) is 0 Å². The van der Waals surface area contributed by atoms with E-state index in [1.807, 2.05) is 22.6 Å². The predicted molar refractivity (Wildman–Crippen MR) is 88.0 cm³/mol. The molecule has 108 valence electrons. The molecule has 0 unspecified atom stereocenters. The van der Waals surface area contributed by atoms with Crippen LogP contribution < -0.4 is 4.74 Å². The number of methoxy groups -OCH3 is 1. The normalized spacial score (nSPS) is 11.7. The van der Waals surface area contributed by atoms with Crippen LogP contribution in [0.5, 0.6) is 5.75 Å². The summed E-state index contributed by atoms with van der Waals surface area (Å²) < 4.78 is 32.5. The van der Waals surface area contributed by atoms with Gasteiger partial charge in [-0.1, -0.05) is 18.2 Å².